The molecule has 1 aliphatic rings. The van der Waals surface area contributed by atoms with Crippen LogP contribution in [-0.4, -0.2) is 17.3 Å². The molecule has 0 bridgehead atoms. The molecule has 1 nitrogen and oxygen atoms in total. The Bertz CT molecular complexity index is 270. The number of thioether (sulfide) groups is 1. The summed E-state index contributed by atoms with van der Waals surface area (Å²) >= 11 is 1.95. The van der Waals surface area contributed by atoms with Crippen LogP contribution in [0.25, 0.3) is 0 Å². The van der Waals surface area contributed by atoms with Crippen molar-refractivity contribution in [3.63, 3.8) is 0 Å². The molecule has 0 amide bonds. The van der Waals surface area contributed by atoms with Gasteiger partial charge < -0.3 is 4.74 Å². The molecular formula is C17H32OS. The second-order valence-corrected chi connectivity index (χ2v) is 7.88. The van der Waals surface area contributed by atoms with Gasteiger partial charge in [0.1, 0.15) is 5.44 Å². The van der Waals surface area contributed by atoms with Crippen LogP contribution in [0.15, 0.2) is 12.2 Å². The second-order valence-electron chi connectivity index (χ2n) is 6.75. The monoisotopic (exact) mass is 284 g/mol. The fourth-order valence-corrected chi connectivity index (χ4v) is 3.83. The Morgan fingerprint density at radius 3 is 2.16 bits per heavy atom. The van der Waals surface area contributed by atoms with Gasteiger partial charge in [0.05, 0.1) is 6.10 Å². The molecule has 0 aromatic rings. The molecule has 0 spiro atoms. The number of ether oxygens (including phenoxy) is 1. The van der Waals surface area contributed by atoms with E-state index in [-0.39, 0.29) is 0 Å². The zero-order valence-corrected chi connectivity index (χ0v) is 14.4. The summed E-state index contributed by atoms with van der Waals surface area (Å²) < 4.78 is 6.55. The van der Waals surface area contributed by atoms with E-state index in [1.54, 1.807) is 0 Å². The molecule has 1 heterocycles. The van der Waals surface area contributed by atoms with Crippen molar-refractivity contribution < 1.29 is 4.74 Å². The number of allylic oxidation sites excluding steroid dienone is 1. The quantitative estimate of drug-likeness (QED) is 0.645. The fourth-order valence-electron chi connectivity index (χ4n) is 2.80. The van der Waals surface area contributed by atoms with Crippen molar-refractivity contribution in [3.05, 3.63) is 12.2 Å². The maximum Gasteiger partial charge on any atom is 0.106 e. The predicted molar refractivity (Wildman–Crippen MR) is 87.5 cm³/mol. The van der Waals surface area contributed by atoms with Crippen molar-refractivity contribution in [3.8, 4) is 0 Å². The van der Waals surface area contributed by atoms with E-state index in [1.807, 2.05) is 11.8 Å². The first-order chi connectivity index (χ1) is 8.93. The van der Waals surface area contributed by atoms with Gasteiger partial charge in [-0.3, -0.25) is 0 Å². The van der Waals surface area contributed by atoms with Gasteiger partial charge >= 0.3 is 0 Å². The van der Waals surface area contributed by atoms with Crippen LogP contribution in [0.1, 0.15) is 54.4 Å². The van der Waals surface area contributed by atoms with E-state index in [9.17, 15) is 0 Å². The van der Waals surface area contributed by atoms with Crippen LogP contribution in [0, 0.1) is 23.7 Å². The Morgan fingerprint density at radius 1 is 0.947 bits per heavy atom. The van der Waals surface area contributed by atoms with Crippen LogP contribution in [0.2, 0.25) is 0 Å². The lowest BCUT2D eigenvalue weighted by atomic mass is 9.81. The minimum Gasteiger partial charge on any atom is -0.364 e. The first kappa shape index (κ1) is 17.1. The lowest BCUT2D eigenvalue weighted by Gasteiger charge is -2.37. The normalized spacial score (nSPS) is 31.9. The van der Waals surface area contributed by atoms with E-state index in [1.165, 1.54) is 12.8 Å². The van der Waals surface area contributed by atoms with Gasteiger partial charge in [-0.15, -0.1) is 11.8 Å². The summed E-state index contributed by atoms with van der Waals surface area (Å²) in [5.41, 5.74) is 0.330. The molecule has 3 unspecified atom stereocenters. The summed E-state index contributed by atoms with van der Waals surface area (Å²) in [6.45, 7) is 13.9. The van der Waals surface area contributed by atoms with E-state index in [4.69, 9.17) is 4.74 Å². The smallest absolute Gasteiger partial charge is 0.106 e. The van der Waals surface area contributed by atoms with Gasteiger partial charge in [-0.2, -0.15) is 0 Å². The molecule has 1 rings (SSSR count). The molecule has 112 valence electrons. The summed E-state index contributed by atoms with van der Waals surface area (Å²) in [7, 11) is 0. The minimum atomic E-state index is 0.330. The van der Waals surface area contributed by atoms with E-state index in [0.717, 1.165) is 5.75 Å². The van der Waals surface area contributed by atoms with Crippen LogP contribution >= 0.6 is 11.8 Å². The van der Waals surface area contributed by atoms with Gasteiger partial charge in [0.2, 0.25) is 0 Å². The highest BCUT2D eigenvalue weighted by atomic mass is 32.2. The average Bonchev–Trinajstić information content (AvgIpc) is 2.33. The largest absolute Gasteiger partial charge is 0.364 e. The van der Waals surface area contributed by atoms with Crippen molar-refractivity contribution in [1.29, 1.82) is 0 Å². The van der Waals surface area contributed by atoms with Crippen LogP contribution in [0.4, 0.5) is 0 Å². The Balaban J connectivity index is 2.89. The van der Waals surface area contributed by atoms with Crippen LogP contribution in [0.3, 0.4) is 0 Å². The highest BCUT2D eigenvalue weighted by molar-refractivity contribution is 7.99. The summed E-state index contributed by atoms with van der Waals surface area (Å²) in [6.07, 6.45) is 7.53. The van der Waals surface area contributed by atoms with E-state index < -0.39 is 0 Å². The van der Waals surface area contributed by atoms with Gasteiger partial charge in [0, 0.05) is 5.75 Å². The maximum absolute atomic E-state index is 6.55. The third-order valence-electron chi connectivity index (χ3n) is 3.96. The van der Waals surface area contributed by atoms with Crippen molar-refractivity contribution >= 4 is 11.8 Å². The highest BCUT2D eigenvalue weighted by Gasteiger charge is 2.31. The summed E-state index contributed by atoms with van der Waals surface area (Å²) in [5.74, 6) is 3.62. The third-order valence-corrected chi connectivity index (χ3v) is 5.33. The zero-order chi connectivity index (χ0) is 14.4. The van der Waals surface area contributed by atoms with E-state index >= 15 is 0 Å². The van der Waals surface area contributed by atoms with E-state index in [2.05, 4.69) is 53.7 Å². The predicted octanol–water partition coefficient (Wildman–Crippen LogP) is 5.37. The molecule has 0 aliphatic carbocycles. The zero-order valence-electron chi connectivity index (χ0n) is 13.6. The Morgan fingerprint density at radius 2 is 1.63 bits per heavy atom. The van der Waals surface area contributed by atoms with Gasteiger partial charge in [-0.1, -0.05) is 53.7 Å². The molecule has 1 aliphatic heterocycles. The van der Waals surface area contributed by atoms with Crippen LogP contribution in [-0.2, 0) is 4.74 Å². The molecule has 0 fully saturated rings. The van der Waals surface area contributed by atoms with Crippen molar-refractivity contribution in [2.24, 2.45) is 23.7 Å². The van der Waals surface area contributed by atoms with Gasteiger partial charge in [0.15, 0.2) is 0 Å². The third kappa shape index (κ3) is 5.51. The van der Waals surface area contributed by atoms with E-state index in [0.29, 0.717) is 35.2 Å². The molecule has 0 saturated carbocycles. The van der Waals surface area contributed by atoms with Gasteiger partial charge in [-0.05, 0) is 36.5 Å². The first-order valence-electron chi connectivity index (χ1n) is 7.85. The summed E-state index contributed by atoms with van der Waals surface area (Å²) in [6, 6.07) is 0. The molecule has 2 heteroatoms. The van der Waals surface area contributed by atoms with Gasteiger partial charge in [-0.25, -0.2) is 0 Å². The topological polar surface area (TPSA) is 9.23 Å². The minimum absolute atomic E-state index is 0.330. The molecule has 0 aromatic heterocycles. The second kappa shape index (κ2) is 8.36. The summed E-state index contributed by atoms with van der Waals surface area (Å²) in [5, 5.41) is 0. The maximum atomic E-state index is 6.55. The van der Waals surface area contributed by atoms with Gasteiger partial charge in [0.25, 0.3) is 0 Å². The van der Waals surface area contributed by atoms with Crippen molar-refractivity contribution in [2.75, 3.05) is 5.75 Å². The van der Waals surface area contributed by atoms with Crippen molar-refractivity contribution in [2.45, 2.75) is 65.9 Å². The van der Waals surface area contributed by atoms with Crippen LogP contribution < -0.4 is 0 Å². The highest BCUT2D eigenvalue weighted by Crippen LogP contribution is 2.33. The number of hydrogen-bond donors (Lipinski definition) is 0. The number of hydrogen-bond acceptors (Lipinski definition) is 2. The molecule has 0 aromatic carbocycles. The fraction of sp³-hybridized carbons (Fsp3) is 0.882. The Labute approximate surface area is 124 Å². The Hall–Kier alpha value is 0.0500. The lowest BCUT2D eigenvalue weighted by molar-refractivity contribution is -0.0590. The Kier molecular flexibility index (Phi) is 7.53. The van der Waals surface area contributed by atoms with Crippen LogP contribution in [0.5, 0.6) is 0 Å². The molecule has 3 atom stereocenters. The molecule has 0 saturated heterocycles. The van der Waals surface area contributed by atoms with Crippen molar-refractivity contribution in [1.82, 2.24) is 0 Å². The molecule has 0 N–H and O–H groups in total. The lowest BCUT2D eigenvalue weighted by Crippen LogP contribution is -2.37. The first-order valence-corrected chi connectivity index (χ1v) is 8.90. The molecule has 0 radical (unpaired) electrons. The molecular weight excluding hydrogens is 252 g/mol. The molecule has 19 heavy (non-hydrogen) atoms. The SMILES string of the molecule is CC(C)C1OC(C(C)C)C(C(C)C)CC/C=C/CS1. The number of rotatable bonds is 3. The standard InChI is InChI=1S/C17H32OS/c1-12(2)15-10-8-7-9-11-19-17(14(5)6)18-16(15)13(3)4/h7,9,12-17H,8,10-11H2,1-6H3/b9-7+. The average molecular weight is 285 g/mol. The summed E-state index contributed by atoms with van der Waals surface area (Å²) in [4.78, 5) is 0.